The summed E-state index contributed by atoms with van der Waals surface area (Å²) in [4.78, 5) is 0. The van der Waals surface area contributed by atoms with Gasteiger partial charge in [-0.1, -0.05) is 0 Å². The maximum Gasteiger partial charge on any atom is 0.0834 e. The summed E-state index contributed by atoms with van der Waals surface area (Å²) in [7, 11) is 1.13. The van der Waals surface area contributed by atoms with Crippen LogP contribution in [-0.2, 0) is 0 Å². The van der Waals surface area contributed by atoms with Crippen molar-refractivity contribution >= 4 is 19.5 Å². The van der Waals surface area contributed by atoms with Gasteiger partial charge >= 0.3 is 0 Å². The second-order valence-corrected chi connectivity index (χ2v) is 1.67. The molecule has 0 fully saturated rings. The number of rotatable bonds is 0. The van der Waals surface area contributed by atoms with Gasteiger partial charge < -0.3 is 0 Å². The molecule has 0 atom stereocenters. The van der Waals surface area contributed by atoms with Crippen LogP contribution >= 0.6 is 8.20 Å². The molecule has 0 amide bonds. The SMILES string of the molecule is C1=C=PCNN=1. The van der Waals surface area contributed by atoms with E-state index in [1.54, 1.807) is 0 Å². The van der Waals surface area contributed by atoms with Crippen LogP contribution in [0.15, 0.2) is 5.10 Å². The molecule has 1 aliphatic rings. The lowest BCUT2D eigenvalue weighted by molar-refractivity contribution is 0.881. The number of hydrazone groups is 1. The zero-order valence-corrected chi connectivity index (χ0v) is 4.00. The van der Waals surface area contributed by atoms with Crippen molar-refractivity contribution in [3.8, 4) is 0 Å². The molecule has 0 aliphatic carbocycles. The van der Waals surface area contributed by atoms with Crippen molar-refractivity contribution in [3.05, 3.63) is 0 Å². The van der Waals surface area contributed by atoms with E-state index < -0.39 is 0 Å². The van der Waals surface area contributed by atoms with Crippen molar-refractivity contribution in [2.24, 2.45) is 5.10 Å². The zero-order chi connectivity index (χ0) is 4.24. The van der Waals surface area contributed by atoms with Crippen LogP contribution in [0.2, 0.25) is 0 Å². The molecule has 0 spiro atoms. The average molecular weight is 98.0 g/mol. The summed E-state index contributed by atoms with van der Waals surface area (Å²) in [6, 6.07) is 0. The maximum atomic E-state index is 3.56. The highest BCUT2D eigenvalue weighted by atomic mass is 31.1. The van der Waals surface area contributed by atoms with Crippen LogP contribution in [0.5, 0.6) is 0 Å². The Morgan fingerprint density at radius 2 is 2.83 bits per heavy atom. The molecule has 0 unspecified atom stereocenters. The van der Waals surface area contributed by atoms with Crippen molar-refractivity contribution < 1.29 is 0 Å². The Labute approximate surface area is 37.4 Å². The molecular weight excluding hydrogens is 95.0 g/mol. The summed E-state index contributed by atoms with van der Waals surface area (Å²) in [5.41, 5.74) is 5.50. The van der Waals surface area contributed by atoms with Gasteiger partial charge in [-0.2, -0.15) is 0 Å². The summed E-state index contributed by atoms with van der Waals surface area (Å²) in [6.07, 6.45) is 0.882. The molecule has 0 bridgehead atoms. The van der Waals surface area contributed by atoms with E-state index in [4.69, 9.17) is 0 Å². The molecular formula is C3H3N2P. The van der Waals surface area contributed by atoms with Crippen LogP contribution in [0.1, 0.15) is 0 Å². The van der Waals surface area contributed by atoms with Crippen molar-refractivity contribution in [1.82, 2.24) is 5.43 Å². The van der Waals surface area contributed by atoms with Crippen molar-refractivity contribution in [2.75, 3.05) is 6.29 Å². The molecule has 0 radical (unpaired) electrons. The van der Waals surface area contributed by atoms with Crippen LogP contribution in [0.25, 0.3) is 0 Å². The van der Waals surface area contributed by atoms with Crippen LogP contribution in [0, 0.1) is 0 Å². The lowest BCUT2D eigenvalue weighted by Gasteiger charge is -1.86. The highest BCUT2D eigenvalue weighted by Crippen LogP contribution is 1.85. The minimum atomic E-state index is 0.882. The van der Waals surface area contributed by atoms with E-state index in [0.717, 1.165) is 14.5 Å². The normalized spacial score (nSPS) is 17.3. The third kappa shape index (κ3) is 0.702. The van der Waals surface area contributed by atoms with Crippen LogP contribution in [0.3, 0.4) is 0 Å². The van der Waals surface area contributed by atoms with Crippen molar-refractivity contribution in [1.29, 1.82) is 0 Å². The molecule has 6 heavy (non-hydrogen) atoms. The summed E-state index contributed by atoms with van der Waals surface area (Å²) in [5.74, 6) is 2.54. The van der Waals surface area contributed by atoms with E-state index in [-0.39, 0.29) is 0 Å². The first kappa shape index (κ1) is 3.64. The number of nitrogens with one attached hydrogen (secondary N) is 1. The second kappa shape index (κ2) is 1.79. The van der Waals surface area contributed by atoms with E-state index in [2.05, 4.69) is 21.8 Å². The molecule has 1 N–H and O–H groups in total. The first-order valence-electron chi connectivity index (χ1n) is 1.59. The number of nitrogens with zero attached hydrogens (tertiary/aromatic N) is 1. The van der Waals surface area contributed by atoms with Gasteiger partial charge in [0.05, 0.1) is 12.2 Å². The smallest absolute Gasteiger partial charge is 0.0834 e. The minimum absolute atomic E-state index is 0.882. The van der Waals surface area contributed by atoms with Crippen molar-refractivity contribution in [3.63, 3.8) is 0 Å². The van der Waals surface area contributed by atoms with E-state index in [1.165, 1.54) is 0 Å². The van der Waals surface area contributed by atoms with Crippen LogP contribution in [-0.4, -0.2) is 17.6 Å². The topological polar surface area (TPSA) is 24.4 Å². The molecule has 0 saturated carbocycles. The highest BCUT2D eigenvalue weighted by molar-refractivity contribution is 7.38. The van der Waals surface area contributed by atoms with Gasteiger partial charge in [-0.3, -0.25) is 5.43 Å². The molecule has 0 aromatic heterocycles. The van der Waals surface area contributed by atoms with E-state index in [0.29, 0.717) is 0 Å². The molecule has 1 heterocycles. The summed E-state index contributed by atoms with van der Waals surface area (Å²) >= 11 is 0. The molecule has 0 aromatic carbocycles. The largest absolute Gasteiger partial charge is 0.292 e. The third-order valence-corrected chi connectivity index (χ3v) is 0.971. The molecule has 0 saturated heterocycles. The Morgan fingerprint density at radius 1 is 1.83 bits per heavy atom. The quantitative estimate of drug-likeness (QED) is 0.425. The highest BCUT2D eigenvalue weighted by Gasteiger charge is 1.71. The molecule has 2 nitrogen and oxygen atoms in total. The van der Waals surface area contributed by atoms with Crippen LogP contribution < -0.4 is 5.43 Å². The fourth-order valence-electron chi connectivity index (χ4n) is 0.210. The summed E-state index contributed by atoms with van der Waals surface area (Å²) in [5, 5.41) is 3.56. The number of hydrogen-bond donors (Lipinski definition) is 1. The van der Waals surface area contributed by atoms with Gasteiger partial charge in [-0.05, 0) is 13.7 Å². The third-order valence-electron chi connectivity index (χ3n) is 0.414. The van der Waals surface area contributed by atoms with Gasteiger partial charge in [-0.15, -0.1) is 5.10 Å². The van der Waals surface area contributed by atoms with Gasteiger partial charge in [0.1, 0.15) is 0 Å². The standard InChI is InChI=1S/C3H3N2P/c1-2-6-3-5-4-1/h5H,3H2. The van der Waals surface area contributed by atoms with Gasteiger partial charge in [0.2, 0.25) is 0 Å². The van der Waals surface area contributed by atoms with Crippen molar-refractivity contribution in [2.45, 2.75) is 0 Å². The monoisotopic (exact) mass is 98.0 g/mol. The fraction of sp³-hybridized carbons (Fsp3) is 0.333. The number of hydrogen-bond acceptors (Lipinski definition) is 2. The summed E-state index contributed by atoms with van der Waals surface area (Å²) in [6.45, 7) is 0. The summed E-state index contributed by atoms with van der Waals surface area (Å²) < 4.78 is 0. The van der Waals surface area contributed by atoms with Crippen LogP contribution in [0.4, 0.5) is 0 Å². The Kier molecular flexibility index (Phi) is 1.09. The predicted octanol–water partition coefficient (Wildman–Crippen LogP) is 0.0353. The van der Waals surface area contributed by atoms with E-state index in [1.807, 2.05) is 0 Å². The first-order chi connectivity index (χ1) is 3.00. The van der Waals surface area contributed by atoms with Gasteiger partial charge in [0.15, 0.2) is 0 Å². The second-order valence-electron chi connectivity index (χ2n) is 0.810. The molecule has 1 aliphatic heterocycles. The Balaban J connectivity index is 2.88. The van der Waals surface area contributed by atoms with Gasteiger partial charge in [-0.25, -0.2) is 0 Å². The minimum Gasteiger partial charge on any atom is -0.292 e. The Bertz CT molecular complexity index is 112. The van der Waals surface area contributed by atoms with E-state index in [9.17, 15) is 0 Å². The Hall–Kier alpha value is -0.540. The lowest BCUT2D eigenvalue weighted by atomic mass is 11.2. The molecule has 3 heteroatoms. The zero-order valence-electron chi connectivity index (χ0n) is 3.10. The molecule has 1 rings (SSSR count). The lowest BCUT2D eigenvalue weighted by Crippen LogP contribution is -2.01. The Morgan fingerprint density at radius 3 is 3.00 bits per heavy atom. The molecule has 0 aromatic rings. The average Bonchev–Trinajstić information content (AvgIpc) is 1.72. The van der Waals surface area contributed by atoms with Gasteiger partial charge in [0, 0.05) is 0 Å². The predicted molar refractivity (Wildman–Crippen MR) is 27.4 cm³/mol. The molecule has 30 valence electrons. The maximum absolute atomic E-state index is 3.56. The first-order valence-corrected chi connectivity index (χ1v) is 2.67. The van der Waals surface area contributed by atoms with E-state index >= 15 is 0 Å². The fourth-order valence-corrected chi connectivity index (χ4v) is 0.551. The van der Waals surface area contributed by atoms with Gasteiger partial charge in [0.25, 0.3) is 0 Å².